The molecule has 0 nitrogen and oxygen atoms in total. The average molecular weight is 428 g/mol. The van der Waals surface area contributed by atoms with Crippen molar-refractivity contribution in [3.63, 3.8) is 0 Å². The maximum Gasteiger partial charge on any atom is 0.100 e. The molecule has 23 heavy (non-hydrogen) atoms. The van der Waals surface area contributed by atoms with Gasteiger partial charge in [-0.15, -0.1) is 0 Å². The Morgan fingerprint density at radius 2 is 1.13 bits per heavy atom. The van der Waals surface area contributed by atoms with Gasteiger partial charge in [-0.25, -0.2) is 0 Å². The lowest BCUT2D eigenvalue weighted by Crippen LogP contribution is -2.22. The van der Waals surface area contributed by atoms with Gasteiger partial charge in [-0.1, -0.05) is 92.5 Å². The summed E-state index contributed by atoms with van der Waals surface area (Å²) in [6, 6.07) is 25.0. The van der Waals surface area contributed by atoms with Crippen LogP contribution in [-0.4, -0.2) is 0 Å². The Kier molecular flexibility index (Phi) is 4.74. The Balaban J connectivity index is 2.27. The average Bonchev–Trinajstić information content (AvgIpc) is 2.55. The lowest BCUT2D eigenvalue weighted by atomic mass is 9.84. The first-order valence-corrected chi connectivity index (χ1v) is 8.89. The lowest BCUT2D eigenvalue weighted by Gasteiger charge is -2.30. The molecule has 3 aromatic carbocycles. The molecule has 0 heterocycles. The normalized spacial score (nSPS) is 11.5. The Morgan fingerprint density at radius 1 is 0.652 bits per heavy atom. The van der Waals surface area contributed by atoms with E-state index in [0.717, 1.165) is 32.3 Å². The van der Waals surface area contributed by atoms with Gasteiger partial charge in [-0.05, 0) is 53.8 Å². The van der Waals surface area contributed by atoms with E-state index < -0.39 is 4.32 Å². The van der Waals surface area contributed by atoms with Crippen molar-refractivity contribution in [2.45, 2.75) is 4.32 Å². The zero-order chi connectivity index (χ0) is 16.4. The summed E-state index contributed by atoms with van der Waals surface area (Å²) in [5.74, 6) is 0. The van der Waals surface area contributed by atoms with Crippen LogP contribution in [0, 0.1) is 13.8 Å². The first kappa shape index (κ1) is 16.5. The number of hydrogen-bond donors (Lipinski definition) is 0. The van der Waals surface area contributed by atoms with Crippen molar-refractivity contribution in [2.24, 2.45) is 0 Å². The molecule has 0 N–H and O–H groups in total. The second kappa shape index (κ2) is 6.62. The van der Waals surface area contributed by atoms with Gasteiger partial charge in [0, 0.05) is 4.47 Å². The number of rotatable bonds is 3. The van der Waals surface area contributed by atoms with E-state index in [0.29, 0.717) is 0 Å². The maximum absolute atomic E-state index is 4.07. The van der Waals surface area contributed by atoms with Crippen molar-refractivity contribution in [3.8, 4) is 0 Å². The third-order valence-corrected chi connectivity index (χ3v) is 5.79. The maximum atomic E-state index is 4.07. The fourth-order valence-electron chi connectivity index (χ4n) is 2.75. The van der Waals surface area contributed by atoms with Crippen LogP contribution in [0.1, 0.15) is 27.8 Å². The van der Waals surface area contributed by atoms with E-state index in [1.807, 2.05) is 24.3 Å². The largest absolute Gasteiger partial charge is 0.100 e. The smallest absolute Gasteiger partial charge is 0.0696 e. The van der Waals surface area contributed by atoms with Gasteiger partial charge in [0.1, 0.15) is 4.32 Å². The molecule has 0 saturated heterocycles. The van der Waals surface area contributed by atoms with Crippen LogP contribution in [0.3, 0.4) is 0 Å². The van der Waals surface area contributed by atoms with Gasteiger partial charge in [0.25, 0.3) is 0 Å². The fraction of sp³-hybridized carbons (Fsp3) is 0.0476. The number of alkyl halides is 1. The predicted octanol–water partition coefficient (Wildman–Crippen LogP) is 6.50. The molecule has 0 fully saturated rings. The van der Waals surface area contributed by atoms with Crippen molar-refractivity contribution in [2.75, 3.05) is 0 Å². The lowest BCUT2D eigenvalue weighted by molar-refractivity contribution is 0.914. The summed E-state index contributed by atoms with van der Waals surface area (Å²) in [4.78, 5) is 0. The van der Waals surface area contributed by atoms with Crippen molar-refractivity contribution in [3.05, 3.63) is 119 Å². The molecular formula is C21H16Br2. The molecule has 0 bridgehead atoms. The molecule has 3 rings (SSSR count). The van der Waals surface area contributed by atoms with Crippen LogP contribution >= 0.6 is 31.9 Å². The van der Waals surface area contributed by atoms with Gasteiger partial charge in [-0.3, -0.25) is 0 Å². The van der Waals surface area contributed by atoms with Gasteiger partial charge in [0.2, 0.25) is 0 Å². The summed E-state index contributed by atoms with van der Waals surface area (Å²) in [6.07, 6.45) is 0. The molecule has 2 heteroatoms. The van der Waals surface area contributed by atoms with E-state index in [-0.39, 0.29) is 0 Å². The zero-order valence-electron chi connectivity index (χ0n) is 12.6. The SMILES string of the molecule is [CH2]c1cccc(C(Br)(c2ccc(Br)cc2)c2cccc([CH2])c2)c1. The molecule has 0 saturated carbocycles. The zero-order valence-corrected chi connectivity index (χ0v) is 15.8. The molecular weight excluding hydrogens is 412 g/mol. The van der Waals surface area contributed by atoms with Crippen molar-refractivity contribution in [1.82, 2.24) is 0 Å². The first-order valence-electron chi connectivity index (χ1n) is 7.30. The minimum Gasteiger partial charge on any atom is -0.0696 e. The molecule has 0 unspecified atom stereocenters. The molecule has 0 aliphatic heterocycles. The van der Waals surface area contributed by atoms with Gasteiger partial charge in [0.15, 0.2) is 0 Å². The minimum atomic E-state index is -0.435. The van der Waals surface area contributed by atoms with Crippen LogP contribution in [0.4, 0.5) is 0 Å². The van der Waals surface area contributed by atoms with Crippen molar-refractivity contribution >= 4 is 31.9 Å². The van der Waals surface area contributed by atoms with Gasteiger partial charge < -0.3 is 0 Å². The van der Waals surface area contributed by atoms with Crippen LogP contribution in [0.5, 0.6) is 0 Å². The Labute approximate surface area is 154 Å². The minimum absolute atomic E-state index is 0.435. The van der Waals surface area contributed by atoms with Gasteiger partial charge >= 0.3 is 0 Å². The van der Waals surface area contributed by atoms with E-state index in [1.54, 1.807) is 0 Å². The van der Waals surface area contributed by atoms with Crippen LogP contribution in [0.15, 0.2) is 77.3 Å². The van der Waals surface area contributed by atoms with Crippen LogP contribution in [0.2, 0.25) is 0 Å². The molecule has 0 amide bonds. The summed E-state index contributed by atoms with van der Waals surface area (Å²) in [5.41, 5.74) is 5.45. The van der Waals surface area contributed by atoms with Crippen LogP contribution < -0.4 is 0 Å². The summed E-state index contributed by atoms with van der Waals surface area (Å²) in [6.45, 7) is 8.15. The van der Waals surface area contributed by atoms with Gasteiger partial charge in [0.05, 0.1) is 0 Å². The first-order chi connectivity index (χ1) is 11.0. The molecule has 0 aliphatic rings. The van der Waals surface area contributed by atoms with Gasteiger partial charge in [-0.2, -0.15) is 0 Å². The second-order valence-corrected chi connectivity index (χ2v) is 7.67. The number of hydrogen-bond acceptors (Lipinski definition) is 0. The van der Waals surface area contributed by atoms with Crippen molar-refractivity contribution in [1.29, 1.82) is 0 Å². The molecule has 0 aliphatic carbocycles. The molecule has 0 atom stereocenters. The monoisotopic (exact) mass is 426 g/mol. The Bertz CT molecular complexity index is 774. The summed E-state index contributed by atoms with van der Waals surface area (Å²) in [7, 11) is 0. The molecule has 3 aromatic rings. The highest BCUT2D eigenvalue weighted by Gasteiger charge is 2.33. The highest BCUT2D eigenvalue weighted by Crippen LogP contribution is 2.45. The van der Waals surface area contributed by atoms with Crippen LogP contribution in [-0.2, 0) is 4.32 Å². The molecule has 114 valence electrons. The Hall–Kier alpha value is -1.38. The highest BCUT2D eigenvalue weighted by atomic mass is 79.9. The summed E-state index contributed by atoms with van der Waals surface area (Å²) < 4.78 is 0.627. The van der Waals surface area contributed by atoms with Crippen LogP contribution in [0.25, 0.3) is 0 Å². The van der Waals surface area contributed by atoms with E-state index >= 15 is 0 Å². The molecule has 2 radical (unpaired) electrons. The fourth-order valence-corrected chi connectivity index (χ4v) is 3.77. The molecule has 0 spiro atoms. The standard InChI is InChI=1S/C21H16Br2/c1-15-5-3-7-18(13-15)21(23,17-9-11-20(22)12-10-17)19-8-4-6-16(2)14-19/h3-14H,1-2H2. The molecule has 0 aromatic heterocycles. The van der Waals surface area contributed by atoms with E-state index in [2.05, 4.69) is 94.2 Å². The topological polar surface area (TPSA) is 0 Å². The van der Waals surface area contributed by atoms with E-state index in [9.17, 15) is 0 Å². The summed E-state index contributed by atoms with van der Waals surface area (Å²) >= 11 is 7.54. The van der Waals surface area contributed by atoms with E-state index in [4.69, 9.17) is 0 Å². The third kappa shape index (κ3) is 3.29. The summed E-state index contributed by atoms with van der Waals surface area (Å²) in [5, 5.41) is 0. The number of halogens is 2. The quantitative estimate of drug-likeness (QED) is 0.330. The highest BCUT2D eigenvalue weighted by molar-refractivity contribution is 9.10. The predicted molar refractivity (Wildman–Crippen MR) is 105 cm³/mol. The van der Waals surface area contributed by atoms with Crippen molar-refractivity contribution < 1.29 is 0 Å². The Morgan fingerprint density at radius 3 is 1.57 bits per heavy atom. The third-order valence-electron chi connectivity index (χ3n) is 3.89. The second-order valence-electron chi connectivity index (χ2n) is 5.57. The number of benzene rings is 3. The van der Waals surface area contributed by atoms with E-state index in [1.165, 1.54) is 0 Å².